The third-order valence-electron chi connectivity index (χ3n) is 4.15. The van der Waals surface area contributed by atoms with Gasteiger partial charge >= 0.3 is 5.97 Å². The lowest BCUT2D eigenvalue weighted by Gasteiger charge is -2.11. The van der Waals surface area contributed by atoms with Crippen LogP contribution in [-0.2, 0) is 22.6 Å². The Bertz CT molecular complexity index is 1030. The molecule has 0 aliphatic carbocycles. The quantitative estimate of drug-likeness (QED) is 0.486. The first kappa shape index (κ1) is 18.5. The molecule has 138 valence electrons. The van der Waals surface area contributed by atoms with Crippen LogP contribution in [-0.4, -0.2) is 13.1 Å². The lowest BCUT2D eigenvalue weighted by Crippen LogP contribution is -2.07. The van der Waals surface area contributed by atoms with Gasteiger partial charge in [-0.15, -0.1) is 0 Å². The molecular weight excluding hydrogens is 344 g/mol. The van der Waals surface area contributed by atoms with Crippen molar-refractivity contribution in [1.82, 2.24) is 0 Å². The number of benzene rings is 2. The average Bonchev–Trinajstić information content (AvgIpc) is 2.70. The van der Waals surface area contributed by atoms with Gasteiger partial charge in [0.15, 0.2) is 5.43 Å². The van der Waals surface area contributed by atoms with Crippen LogP contribution >= 0.6 is 0 Å². The minimum Gasteiger partial charge on any atom is -0.496 e. The lowest BCUT2D eigenvalue weighted by molar-refractivity contribution is -0.138. The number of fused-ring (bicyclic) bond motifs is 1. The molecule has 0 saturated heterocycles. The fourth-order valence-corrected chi connectivity index (χ4v) is 2.73. The zero-order chi connectivity index (χ0) is 19.2. The number of hydrogen-bond donors (Lipinski definition) is 0. The highest BCUT2D eigenvalue weighted by Crippen LogP contribution is 2.28. The Morgan fingerprint density at radius 3 is 2.63 bits per heavy atom. The Labute approximate surface area is 156 Å². The molecule has 0 fully saturated rings. The highest BCUT2D eigenvalue weighted by Gasteiger charge is 2.15. The fraction of sp³-hybridized carbons (Fsp3) is 0.182. The van der Waals surface area contributed by atoms with Crippen molar-refractivity contribution in [3.05, 3.63) is 81.7 Å². The number of esters is 1. The largest absolute Gasteiger partial charge is 0.496 e. The van der Waals surface area contributed by atoms with E-state index in [0.29, 0.717) is 34.5 Å². The van der Waals surface area contributed by atoms with E-state index >= 15 is 0 Å². The van der Waals surface area contributed by atoms with Gasteiger partial charge in [0, 0.05) is 18.6 Å². The summed E-state index contributed by atoms with van der Waals surface area (Å²) in [5.41, 5.74) is 1.69. The van der Waals surface area contributed by atoms with E-state index in [9.17, 15) is 9.59 Å². The highest BCUT2D eigenvalue weighted by molar-refractivity contribution is 5.87. The van der Waals surface area contributed by atoms with Crippen molar-refractivity contribution in [2.24, 2.45) is 0 Å². The van der Waals surface area contributed by atoms with Gasteiger partial charge in [-0.25, -0.2) is 4.79 Å². The molecule has 0 atom stereocenters. The smallest absolute Gasteiger partial charge is 0.331 e. The van der Waals surface area contributed by atoms with E-state index in [-0.39, 0.29) is 12.0 Å². The van der Waals surface area contributed by atoms with E-state index in [1.165, 1.54) is 19.3 Å². The monoisotopic (exact) mass is 364 g/mol. The van der Waals surface area contributed by atoms with Gasteiger partial charge in [-0.2, -0.15) is 0 Å². The predicted octanol–water partition coefficient (Wildman–Crippen LogP) is 4.12. The Morgan fingerprint density at radius 1 is 1.15 bits per heavy atom. The van der Waals surface area contributed by atoms with E-state index in [1.54, 1.807) is 18.2 Å². The summed E-state index contributed by atoms with van der Waals surface area (Å²) in [6.45, 7) is 1.84. The van der Waals surface area contributed by atoms with Gasteiger partial charge in [0.25, 0.3) is 0 Å². The first-order chi connectivity index (χ1) is 13.1. The zero-order valence-corrected chi connectivity index (χ0v) is 15.2. The van der Waals surface area contributed by atoms with Crippen LogP contribution in [0.2, 0.25) is 0 Å². The minimum absolute atomic E-state index is 0.0609. The second-order valence-electron chi connectivity index (χ2n) is 5.91. The Kier molecular flexibility index (Phi) is 5.71. The molecule has 0 spiro atoms. The predicted molar refractivity (Wildman–Crippen MR) is 104 cm³/mol. The van der Waals surface area contributed by atoms with E-state index in [1.807, 2.05) is 37.3 Å². The first-order valence-corrected chi connectivity index (χ1v) is 8.65. The number of methoxy groups -OCH3 is 1. The molecule has 5 heteroatoms. The first-order valence-electron chi connectivity index (χ1n) is 8.65. The summed E-state index contributed by atoms with van der Waals surface area (Å²) in [4.78, 5) is 24.4. The number of hydrogen-bond acceptors (Lipinski definition) is 5. The van der Waals surface area contributed by atoms with Gasteiger partial charge in [-0.3, -0.25) is 4.79 Å². The average molecular weight is 364 g/mol. The maximum atomic E-state index is 12.3. The molecule has 0 saturated carbocycles. The SMILES string of the molecule is CCc1cc(=O)c2ccc(OC)c(COC(=O)/C=C/c3ccccc3)c2o1. The topological polar surface area (TPSA) is 65.7 Å². The molecule has 0 radical (unpaired) electrons. The number of rotatable bonds is 6. The standard InChI is InChI=1S/C22H20O5/c1-3-16-13-19(23)17-10-11-20(25-2)18(22(17)27-16)14-26-21(24)12-9-15-7-5-4-6-8-15/h4-13H,3,14H2,1-2H3/b12-9+. The number of ether oxygens (including phenoxy) is 2. The lowest BCUT2D eigenvalue weighted by atomic mass is 10.1. The molecular formula is C22H20O5. The van der Waals surface area contributed by atoms with Crippen LogP contribution in [0.4, 0.5) is 0 Å². The molecule has 1 aromatic heterocycles. The molecule has 0 aliphatic rings. The van der Waals surface area contributed by atoms with E-state index < -0.39 is 5.97 Å². The summed E-state index contributed by atoms with van der Waals surface area (Å²) in [7, 11) is 1.52. The van der Waals surface area contributed by atoms with Crippen molar-refractivity contribution < 1.29 is 18.7 Å². The summed E-state index contributed by atoms with van der Waals surface area (Å²) < 4.78 is 16.5. The number of carbonyl (C=O) groups is 1. The van der Waals surface area contributed by atoms with Crippen LogP contribution in [0.1, 0.15) is 23.8 Å². The zero-order valence-electron chi connectivity index (χ0n) is 15.2. The van der Waals surface area contributed by atoms with Gasteiger partial charge in [0.2, 0.25) is 0 Å². The van der Waals surface area contributed by atoms with Crippen LogP contribution in [0, 0.1) is 0 Å². The van der Waals surface area contributed by atoms with Crippen LogP contribution in [0.15, 0.2) is 63.8 Å². The molecule has 0 unspecified atom stereocenters. The molecule has 27 heavy (non-hydrogen) atoms. The van der Waals surface area contributed by atoms with Crippen molar-refractivity contribution in [2.45, 2.75) is 20.0 Å². The van der Waals surface area contributed by atoms with Crippen LogP contribution < -0.4 is 10.2 Å². The van der Waals surface area contributed by atoms with Gasteiger partial charge < -0.3 is 13.9 Å². The van der Waals surface area contributed by atoms with Crippen LogP contribution in [0.25, 0.3) is 17.0 Å². The van der Waals surface area contributed by atoms with Crippen molar-refractivity contribution in [1.29, 1.82) is 0 Å². The third kappa shape index (κ3) is 4.26. The molecule has 2 aromatic carbocycles. The molecule has 1 heterocycles. The molecule has 0 aliphatic heterocycles. The number of carbonyl (C=O) groups excluding carboxylic acids is 1. The summed E-state index contributed by atoms with van der Waals surface area (Å²) in [5, 5.41) is 0.430. The maximum absolute atomic E-state index is 12.3. The second-order valence-corrected chi connectivity index (χ2v) is 5.91. The second kappa shape index (κ2) is 8.36. The van der Waals surface area contributed by atoms with Crippen molar-refractivity contribution in [3.63, 3.8) is 0 Å². The third-order valence-corrected chi connectivity index (χ3v) is 4.15. The fourth-order valence-electron chi connectivity index (χ4n) is 2.73. The van der Waals surface area contributed by atoms with Gasteiger partial charge in [-0.1, -0.05) is 37.3 Å². The molecule has 0 amide bonds. The van der Waals surface area contributed by atoms with Crippen molar-refractivity contribution in [3.8, 4) is 5.75 Å². The van der Waals surface area contributed by atoms with E-state index in [2.05, 4.69) is 0 Å². The minimum atomic E-state index is -0.494. The maximum Gasteiger partial charge on any atom is 0.331 e. The van der Waals surface area contributed by atoms with Crippen LogP contribution in [0.5, 0.6) is 5.75 Å². The summed E-state index contributed by atoms with van der Waals surface area (Å²) in [6.07, 6.45) is 3.62. The molecule has 0 bridgehead atoms. The number of aryl methyl sites for hydroxylation is 1. The summed E-state index contributed by atoms with van der Waals surface area (Å²) >= 11 is 0. The highest BCUT2D eigenvalue weighted by atomic mass is 16.5. The normalized spacial score (nSPS) is 11.0. The molecule has 3 aromatic rings. The molecule has 0 N–H and O–H groups in total. The van der Waals surface area contributed by atoms with Gasteiger partial charge in [0.1, 0.15) is 23.7 Å². The molecule has 5 nitrogen and oxygen atoms in total. The van der Waals surface area contributed by atoms with Gasteiger partial charge in [-0.05, 0) is 23.8 Å². The summed E-state index contributed by atoms with van der Waals surface area (Å²) in [6, 6.07) is 14.3. The van der Waals surface area contributed by atoms with Crippen molar-refractivity contribution in [2.75, 3.05) is 7.11 Å². The van der Waals surface area contributed by atoms with Crippen LogP contribution in [0.3, 0.4) is 0 Å². The van der Waals surface area contributed by atoms with E-state index in [4.69, 9.17) is 13.9 Å². The van der Waals surface area contributed by atoms with Gasteiger partial charge in [0.05, 0.1) is 18.1 Å². The van der Waals surface area contributed by atoms with Crippen molar-refractivity contribution >= 4 is 23.0 Å². The Morgan fingerprint density at radius 2 is 1.93 bits per heavy atom. The Hall–Kier alpha value is -3.34. The Balaban J connectivity index is 1.87. The summed E-state index contributed by atoms with van der Waals surface area (Å²) in [5.74, 6) is 0.572. The molecule has 3 rings (SSSR count). The van der Waals surface area contributed by atoms with E-state index in [0.717, 1.165) is 5.56 Å².